The van der Waals surface area contributed by atoms with Gasteiger partial charge in [0.25, 0.3) is 0 Å². The van der Waals surface area contributed by atoms with Gasteiger partial charge in [0, 0.05) is 13.2 Å². The molecule has 1 aliphatic rings. The Labute approximate surface area is 89.8 Å². The monoisotopic (exact) mass is 210 g/mol. The number of hydrogen-bond acceptors (Lipinski definition) is 4. The van der Waals surface area contributed by atoms with Gasteiger partial charge < -0.3 is 10.1 Å². The summed E-state index contributed by atoms with van der Waals surface area (Å²) in [5.74, 6) is 1.03. The molecular weight excluding hydrogens is 192 g/mol. The molecule has 0 radical (unpaired) electrons. The van der Waals surface area contributed by atoms with Gasteiger partial charge in [-0.1, -0.05) is 6.92 Å². The highest BCUT2D eigenvalue weighted by Crippen LogP contribution is 2.20. The van der Waals surface area contributed by atoms with Crippen LogP contribution in [0, 0.1) is 0 Å². The van der Waals surface area contributed by atoms with Crippen LogP contribution in [0.1, 0.15) is 31.6 Å². The average molecular weight is 210 g/mol. The molecule has 5 heteroatoms. The van der Waals surface area contributed by atoms with E-state index in [-0.39, 0.29) is 0 Å². The Balaban J connectivity index is 2.02. The summed E-state index contributed by atoms with van der Waals surface area (Å²) in [6, 6.07) is 0.468. The maximum atomic E-state index is 5.34. The van der Waals surface area contributed by atoms with Gasteiger partial charge in [-0.15, -0.1) is 0 Å². The standard InChI is InChI=1S/C10H18N4O/c1-2-11-7-10-12-8-13-14(10)9-3-5-15-6-4-9/h8-9,11H,2-7H2,1H3. The van der Waals surface area contributed by atoms with Crippen molar-refractivity contribution in [2.45, 2.75) is 32.4 Å². The molecule has 0 atom stereocenters. The van der Waals surface area contributed by atoms with E-state index in [4.69, 9.17) is 4.74 Å². The van der Waals surface area contributed by atoms with Gasteiger partial charge in [-0.05, 0) is 19.4 Å². The third-order valence-corrected chi connectivity index (χ3v) is 2.72. The molecule has 1 aromatic rings. The molecule has 1 N–H and O–H groups in total. The van der Waals surface area contributed by atoms with E-state index in [1.165, 1.54) is 0 Å². The van der Waals surface area contributed by atoms with Gasteiger partial charge in [0.05, 0.1) is 12.6 Å². The highest BCUT2D eigenvalue weighted by molar-refractivity contribution is 4.88. The lowest BCUT2D eigenvalue weighted by molar-refractivity contribution is 0.0652. The van der Waals surface area contributed by atoms with Crippen LogP contribution in [0.3, 0.4) is 0 Å². The molecule has 1 saturated heterocycles. The van der Waals surface area contributed by atoms with Crippen LogP contribution in [0.5, 0.6) is 0 Å². The maximum Gasteiger partial charge on any atom is 0.141 e. The van der Waals surface area contributed by atoms with Crippen molar-refractivity contribution in [3.63, 3.8) is 0 Å². The average Bonchev–Trinajstić information content (AvgIpc) is 2.75. The van der Waals surface area contributed by atoms with Gasteiger partial charge in [0.1, 0.15) is 12.2 Å². The zero-order chi connectivity index (χ0) is 10.5. The Kier molecular flexibility index (Phi) is 3.69. The van der Waals surface area contributed by atoms with Gasteiger partial charge in [0.15, 0.2) is 0 Å². The van der Waals surface area contributed by atoms with E-state index in [9.17, 15) is 0 Å². The predicted molar refractivity (Wildman–Crippen MR) is 56.5 cm³/mol. The number of rotatable bonds is 4. The molecule has 1 fully saturated rings. The van der Waals surface area contributed by atoms with Crippen molar-refractivity contribution < 1.29 is 4.74 Å². The van der Waals surface area contributed by atoms with E-state index >= 15 is 0 Å². The highest BCUT2D eigenvalue weighted by Gasteiger charge is 2.18. The first-order valence-electron chi connectivity index (χ1n) is 5.58. The Hall–Kier alpha value is -0.940. The van der Waals surface area contributed by atoms with Crippen LogP contribution < -0.4 is 5.32 Å². The quantitative estimate of drug-likeness (QED) is 0.796. The first-order valence-corrected chi connectivity index (χ1v) is 5.58. The Morgan fingerprint density at radius 1 is 1.53 bits per heavy atom. The van der Waals surface area contributed by atoms with Crippen molar-refractivity contribution in [2.24, 2.45) is 0 Å². The molecule has 2 rings (SSSR count). The lowest BCUT2D eigenvalue weighted by atomic mass is 10.1. The Morgan fingerprint density at radius 2 is 2.33 bits per heavy atom. The Bertz CT molecular complexity index is 293. The van der Waals surface area contributed by atoms with Crippen LogP contribution >= 0.6 is 0 Å². The van der Waals surface area contributed by atoms with Crippen LogP contribution in [0.2, 0.25) is 0 Å². The van der Waals surface area contributed by atoms with Gasteiger partial charge in [-0.2, -0.15) is 5.10 Å². The molecule has 0 aromatic carbocycles. The molecule has 0 saturated carbocycles. The molecule has 15 heavy (non-hydrogen) atoms. The lowest BCUT2D eigenvalue weighted by Crippen LogP contribution is -2.24. The summed E-state index contributed by atoms with van der Waals surface area (Å²) in [4.78, 5) is 4.28. The molecule has 0 spiro atoms. The zero-order valence-corrected chi connectivity index (χ0v) is 9.15. The third-order valence-electron chi connectivity index (χ3n) is 2.72. The fourth-order valence-electron chi connectivity index (χ4n) is 1.87. The molecular formula is C10H18N4O. The highest BCUT2D eigenvalue weighted by atomic mass is 16.5. The van der Waals surface area contributed by atoms with Gasteiger partial charge in [-0.3, -0.25) is 0 Å². The van der Waals surface area contributed by atoms with Crippen LogP contribution in [0.4, 0.5) is 0 Å². The molecule has 0 amide bonds. The SMILES string of the molecule is CCNCc1ncnn1C1CCOCC1. The second-order valence-electron chi connectivity index (χ2n) is 3.74. The Morgan fingerprint density at radius 3 is 3.07 bits per heavy atom. The van der Waals surface area contributed by atoms with E-state index in [0.29, 0.717) is 6.04 Å². The molecule has 84 valence electrons. The minimum absolute atomic E-state index is 0.468. The van der Waals surface area contributed by atoms with Crippen LogP contribution in [-0.4, -0.2) is 34.5 Å². The van der Waals surface area contributed by atoms with Crippen molar-refractivity contribution in [3.05, 3.63) is 12.2 Å². The first-order chi connectivity index (χ1) is 7.42. The normalized spacial score (nSPS) is 18.2. The second kappa shape index (κ2) is 5.23. The molecule has 1 aromatic heterocycles. The smallest absolute Gasteiger partial charge is 0.141 e. The van der Waals surface area contributed by atoms with Gasteiger partial charge >= 0.3 is 0 Å². The lowest BCUT2D eigenvalue weighted by Gasteiger charge is -2.23. The molecule has 0 unspecified atom stereocenters. The summed E-state index contributed by atoms with van der Waals surface area (Å²) in [6.07, 6.45) is 3.73. The van der Waals surface area contributed by atoms with E-state index in [0.717, 1.165) is 45.0 Å². The van der Waals surface area contributed by atoms with E-state index in [2.05, 4.69) is 22.3 Å². The second-order valence-corrected chi connectivity index (χ2v) is 3.74. The van der Waals surface area contributed by atoms with Crippen LogP contribution in [-0.2, 0) is 11.3 Å². The zero-order valence-electron chi connectivity index (χ0n) is 9.15. The molecule has 0 bridgehead atoms. The summed E-state index contributed by atoms with van der Waals surface area (Å²) >= 11 is 0. The summed E-state index contributed by atoms with van der Waals surface area (Å²) < 4.78 is 7.39. The molecule has 1 aliphatic heterocycles. The molecule has 0 aliphatic carbocycles. The molecule has 5 nitrogen and oxygen atoms in total. The fourth-order valence-corrected chi connectivity index (χ4v) is 1.87. The summed E-state index contributed by atoms with van der Waals surface area (Å²) in [7, 11) is 0. The summed E-state index contributed by atoms with van der Waals surface area (Å²) in [5, 5.41) is 7.58. The van der Waals surface area contributed by atoms with E-state index in [1.54, 1.807) is 6.33 Å². The number of hydrogen-bond donors (Lipinski definition) is 1. The number of nitrogens with zero attached hydrogens (tertiary/aromatic N) is 3. The van der Waals surface area contributed by atoms with Crippen molar-refractivity contribution in [1.29, 1.82) is 0 Å². The van der Waals surface area contributed by atoms with Crippen molar-refractivity contribution >= 4 is 0 Å². The minimum Gasteiger partial charge on any atom is -0.381 e. The van der Waals surface area contributed by atoms with E-state index in [1.807, 2.05) is 4.68 Å². The predicted octanol–water partition coefficient (Wildman–Crippen LogP) is 0.739. The number of aromatic nitrogens is 3. The summed E-state index contributed by atoms with van der Waals surface area (Å²) in [5.41, 5.74) is 0. The van der Waals surface area contributed by atoms with Crippen LogP contribution in [0.25, 0.3) is 0 Å². The third kappa shape index (κ3) is 2.54. The number of nitrogens with one attached hydrogen (secondary N) is 1. The van der Waals surface area contributed by atoms with Crippen molar-refractivity contribution in [1.82, 2.24) is 20.1 Å². The van der Waals surface area contributed by atoms with Crippen molar-refractivity contribution in [2.75, 3.05) is 19.8 Å². The first kappa shape index (κ1) is 10.6. The topological polar surface area (TPSA) is 52.0 Å². The fraction of sp³-hybridized carbons (Fsp3) is 0.800. The van der Waals surface area contributed by atoms with Gasteiger partial charge in [-0.25, -0.2) is 9.67 Å². The van der Waals surface area contributed by atoms with Gasteiger partial charge in [0.2, 0.25) is 0 Å². The van der Waals surface area contributed by atoms with E-state index < -0.39 is 0 Å². The maximum absolute atomic E-state index is 5.34. The largest absolute Gasteiger partial charge is 0.381 e. The minimum atomic E-state index is 0.468. The summed E-state index contributed by atoms with van der Waals surface area (Å²) in [6.45, 7) is 5.53. The number of ether oxygens (including phenoxy) is 1. The van der Waals surface area contributed by atoms with Crippen molar-refractivity contribution in [3.8, 4) is 0 Å². The molecule has 2 heterocycles. The van der Waals surface area contributed by atoms with Crippen LogP contribution in [0.15, 0.2) is 6.33 Å².